The van der Waals surface area contributed by atoms with Gasteiger partial charge in [0.2, 0.25) is 0 Å². The fourth-order valence-electron chi connectivity index (χ4n) is 1.47. The van der Waals surface area contributed by atoms with Gasteiger partial charge in [-0.1, -0.05) is 0 Å². The third-order valence-electron chi connectivity index (χ3n) is 2.09. The molecule has 0 aliphatic carbocycles. The standard InChI is InChI=1S/C6H10N2O2/c9-5-8-6(4-10-5)1-2-7-3-6/h7H,1-4H2,(H,8,9)/t6-/m1/s1. The van der Waals surface area contributed by atoms with Gasteiger partial charge >= 0.3 is 6.09 Å². The fraction of sp³-hybridized carbons (Fsp3) is 0.833. The minimum Gasteiger partial charge on any atom is -0.447 e. The number of alkyl carbamates (subject to hydrolysis) is 1. The first kappa shape index (κ1) is 5.97. The van der Waals surface area contributed by atoms with E-state index in [4.69, 9.17) is 4.74 Å². The SMILES string of the molecule is O=C1N[C@@]2(CCNC2)CO1. The predicted octanol–water partition coefficient (Wildman–Crippen LogP) is -0.542. The molecule has 10 heavy (non-hydrogen) atoms. The Morgan fingerprint density at radius 1 is 1.60 bits per heavy atom. The van der Waals surface area contributed by atoms with Gasteiger partial charge in [0.15, 0.2) is 0 Å². The highest BCUT2D eigenvalue weighted by Gasteiger charge is 2.41. The summed E-state index contributed by atoms with van der Waals surface area (Å²) in [6.07, 6.45) is 0.711. The molecule has 0 radical (unpaired) electrons. The third-order valence-corrected chi connectivity index (χ3v) is 2.09. The Labute approximate surface area is 58.9 Å². The summed E-state index contributed by atoms with van der Waals surface area (Å²) < 4.78 is 4.80. The van der Waals surface area contributed by atoms with E-state index in [0.717, 1.165) is 19.5 Å². The summed E-state index contributed by atoms with van der Waals surface area (Å²) >= 11 is 0. The Morgan fingerprint density at radius 2 is 2.50 bits per heavy atom. The molecule has 0 bridgehead atoms. The van der Waals surface area contributed by atoms with Crippen LogP contribution in [0.1, 0.15) is 6.42 Å². The topological polar surface area (TPSA) is 50.4 Å². The van der Waals surface area contributed by atoms with E-state index in [-0.39, 0.29) is 11.6 Å². The van der Waals surface area contributed by atoms with E-state index in [1.165, 1.54) is 0 Å². The normalized spacial score (nSPS) is 38.2. The molecule has 4 heteroatoms. The number of carbonyl (C=O) groups excluding carboxylic acids is 1. The summed E-state index contributed by atoms with van der Waals surface area (Å²) in [6, 6.07) is 0. The van der Waals surface area contributed by atoms with Crippen LogP contribution in [0.4, 0.5) is 4.79 Å². The van der Waals surface area contributed by atoms with Gasteiger partial charge in [-0.05, 0) is 13.0 Å². The number of cyclic esters (lactones) is 1. The first-order valence-electron chi connectivity index (χ1n) is 3.46. The zero-order valence-electron chi connectivity index (χ0n) is 5.64. The van der Waals surface area contributed by atoms with Crippen LogP contribution >= 0.6 is 0 Å². The Kier molecular flexibility index (Phi) is 1.11. The lowest BCUT2D eigenvalue weighted by molar-refractivity contribution is 0.173. The number of hydrogen-bond acceptors (Lipinski definition) is 3. The number of hydrogen-bond donors (Lipinski definition) is 2. The van der Waals surface area contributed by atoms with Crippen LogP contribution in [0.15, 0.2) is 0 Å². The number of nitrogens with one attached hydrogen (secondary N) is 2. The molecule has 1 atom stereocenters. The first-order chi connectivity index (χ1) is 4.81. The Bertz CT molecular complexity index is 163. The van der Waals surface area contributed by atoms with Gasteiger partial charge in [-0.2, -0.15) is 0 Å². The van der Waals surface area contributed by atoms with E-state index in [9.17, 15) is 4.79 Å². The van der Waals surface area contributed by atoms with Crippen LogP contribution in [-0.4, -0.2) is 31.3 Å². The quantitative estimate of drug-likeness (QED) is 0.477. The van der Waals surface area contributed by atoms with Gasteiger partial charge in [0, 0.05) is 6.54 Å². The van der Waals surface area contributed by atoms with Crippen LogP contribution in [0.2, 0.25) is 0 Å². The predicted molar refractivity (Wildman–Crippen MR) is 34.7 cm³/mol. The largest absolute Gasteiger partial charge is 0.447 e. The maximum atomic E-state index is 10.6. The van der Waals surface area contributed by atoms with Crippen LogP contribution in [-0.2, 0) is 4.74 Å². The molecule has 1 amide bonds. The van der Waals surface area contributed by atoms with Gasteiger partial charge in [0.1, 0.15) is 6.61 Å². The van der Waals surface area contributed by atoms with Gasteiger partial charge in [-0.3, -0.25) is 0 Å². The van der Waals surface area contributed by atoms with Crippen LogP contribution in [0.25, 0.3) is 0 Å². The van der Waals surface area contributed by atoms with Crippen LogP contribution < -0.4 is 10.6 Å². The van der Waals surface area contributed by atoms with Crippen molar-refractivity contribution in [3.8, 4) is 0 Å². The smallest absolute Gasteiger partial charge is 0.407 e. The molecule has 2 aliphatic rings. The van der Waals surface area contributed by atoms with Crippen molar-refractivity contribution in [3.63, 3.8) is 0 Å². The number of amides is 1. The monoisotopic (exact) mass is 142 g/mol. The lowest BCUT2D eigenvalue weighted by atomic mass is 10.0. The summed E-state index contributed by atoms with van der Waals surface area (Å²) in [6.45, 7) is 2.35. The number of ether oxygens (including phenoxy) is 1. The average molecular weight is 142 g/mol. The Morgan fingerprint density at radius 3 is 3.00 bits per heavy atom. The third kappa shape index (κ3) is 0.759. The second kappa shape index (κ2) is 1.85. The van der Waals surface area contributed by atoms with Crippen LogP contribution in [0.5, 0.6) is 0 Å². The van der Waals surface area contributed by atoms with E-state index in [1.807, 2.05) is 0 Å². The van der Waals surface area contributed by atoms with Gasteiger partial charge < -0.3 is 15.4 Å². The lowest BCUT2D eigenvalue weighted by Crippen LogP contribution is -2.45. The van der Waals surface area contributed by atoms with Crippen molar-refractivity contribution in [2.45, 2.75) is 12.0 Å². The molecule has 0 aromatic carbocycles. The molecule has 2 aliphatic heterocycles. The van der Waals surface area contributed by atoms with E-state index < -0.39 is 0 Å². The van der Waals surface area contributed by atoms with Gasteiger partial charge in [0.05, 0.1) is 5.54 Å². The molecule has 2 N–H and O–H groups in total. The van der Waals surface area contributed by atoms with Crippen LogP contribution in [0.3, 0.4) is 0 Å². The van der Waals surface area contributed by atoms with Crippen molar-refractivity contribution in [2.75, 3.05) is 19.7 Å². The highest BCUT2D eigenvalue weighted by molar-refractivity contribution is 5.70. The molecule has 56 valence electrons. The molecule has 0 aromatic rings. The molecule has 0 aromatic heterocycles. The molecule has 4 nitrogen and oxygen atoms in total. The van der Waals surface area contributed by atoms with E-state index >= 15 is 0 Å². The Balaban J connectivity index is 2.09. The first-order valence-corrected chi connectivity index (χ1v) is 3.46. The van der Waals surface area contributed by atoms with E-state index in [0.29, 0.717) is 6.61 Å². The molecule has 2 heterocycles. The lowest BCUT2D eigenvalue weighted by Gasteiger charge is -2.16. The minimum atomic E-state index is -0.274. The fourth-order valence-corrected chi connectivity index (χ4v) is 1.47. The highest BCUT2D eigenvalue weighted by atomic mass is 16.6. The number of carbonyl (C=O) groups is 1. The number of rotatable bonds is 0. The van der Waals surface area contributed by atoms with Crippen molar-refractivity contribution in [3.05, 3.63) is 0 Å². The maximum Gasteiger partial charge on any atom is 0.407 e. The molecule has 2 saturated heterocycles. The second-order valence-electron chi connectivity index (χ2n) is 2.91. The van der Waals surface area contributed by atoms with Crippen molar-refractivity contribution in [2.24, 2.45) is 0 Å². The van der Waals surface area contributed by atoms with Crippen molar-refractivity contribution >= 4 is 6.09 Å². The highest BCUT2D eigenvalue weighted by Crippen LogP contribution is 2.19. The molecular weight excluding hydrogens is 132 g/mol. The van der Waals surface area contributed by atoms with E-state index in [2.05, 4.69) is 10.6 Å². The van der Waals surface area contributed by atoms with Crippen LogP contribution in [0, 0.1) is 0 Å². The summed E-state index contributed by atoms with van der Waals surface area (Å²) in [5.74, 6) is 0. The van der Waals surface area contributed by atoms with Crippen molar-refractivity contribution in [1.29, 1.82) is 0 Å². The van der Waals surface area contributed by atoms with Gasteiger partial charge in [-0.15, -0.1) is 0 Å². The average Bonchev–Trinajstić information content (AvgIpc) is 2.46. The molecular formula is C6H10N2O2. The van der Waals surface area contributed by atoms with Crippen molar-refractivity contribution in [1.82, 2.24) is 10.6 Å². The molecule has 2 rings (SSSR count). The molecule has 0 unspecified atom stereocenters. The zero-order valence-corrected chi connectivity index (χ0v) is 5.64. The second-order valence-corrected chi connectivity index (χ2v) is 2.91. The van der Waals surface area contributed by atoms with Gasteiger partial charge in [0.25, 0.3) is 0 Å². The van der Waals surface area contributed by atoms with Crippen molar-refractivity contribution < 1.29 is 9.53 Å². The summed E-state index contributed by atoms with van der Waals surface area (Å²) in [5.41, 5.74) is -0.0723. The molecule has 0 saturated carbocycles. The summed E-state index contributed by atoms with van der Waals surface area (Å²) in [7, 11) is 0. The molecule has 1 spiro atoms. The molecule has 2 fully saturated rings. The maximum absolute atomic E-state index is 10.6. The Hall–Kier alpha value is -0.770. The summed E-state index contributed by atoms with van der Waals surface area (Å²) in [4.78, 5) is 10.6. The zero-order chi connectivity index (χ0) is 7.03. The van der Waals surface area contributed by atoms with Gasteiger partial charge in [-0.25, -0.2) is 4.79 Å². The minimum absolute atomic E-state index is 0.0723. The van der Waals surface area contributed by atoms with E-state index in [1.54, 1.807) is 0 Å². The summed E-state index contributed by atoms with van der Waals surface area (Å²) in [5, 5.41) is 5.99.